The zero-order chi connectivity index (χ0) is 58.4. The summed E-state index contributed by atoms with van der Waals surface area (Å²) in [5.41, 5.74) is -3.79. The van der Waals surface area contributed by atoms with Gasteiger partial charge in [-0.25, -0.2) is 33.9 Å². The summed E-state index contributed by atoms with van der Waals surface area (Å²) in [4.78, 5) is 113. The van der Waals surface area contributed by atoms with E-state index in [1.807, 2.05) is 60.7 Å². The van der Waals surface area contributed by atoms with Crippen LogP contribution in [0, 0.1) is 5.92 Å². The lowest BCUT2D eigenvalue weighted by molar-refractivity contribution is -0.164. The largest absolute Gasteiger partial charge is 0.450 e. The number of β-lactam (4-membered cyclic amide) rings is 1. The number of anilines is 1. The lowest BCUT2D eigenvalue weighted by Crippen LogP contribution is -2.70. The number of alkyl carbamates (subject to hydrolysis) is 1. The van der Waals surface area contributed by atoms with E-state index in [0.29, 0.717) is 0 Å². The number of hydrogen-bond acceptors (Lipinski definition) is 18. The predicted molar refractivity (Wildman–Crippen MR) is 291 cm³/mol. The molecule has 26 heteroatoms. The number of thiazole rings is 1. The van der Waals surface area contributed by atoms with Gasteiger partial charge >= 0.3 is 30.3 Å². The first-order valence-corrected chi connectivity index (χ1v) is 26.9. The van der Waals surface area contributed by atoms with Crippen molar-refractivity contribution >= 4 is 70.3 Å². The molecule has 0 radical (unpaired) electrons. The average Bonchev–Trinajstić information content (AvgIpc) is 3.95. The van der Waals surface area contributed by atoms with Gasteiger partial charge in [-0.15, -0.1) is 16.3 Å². The third kappa shape index (κ3) is 16.9. The van der Waals surface area contributed by atoms with Crippen molar-refractivity contribution < 1.29 is 62.1 Å². The van der Waals surface area contributed by atoms with Crippen molar-refractivity contribution in [3.63, 3.8) is 0 Å². The summed E-state index contributed by atoms with van der Waals surface area (Å²) in [7, 11) is 0. The number of benzene rings is 2. The van der Waals surface area contributed by atoms with E-state index in [0.717, 1.165) is 27.4 Å². The van der Waals surface area contributed by atoms with Crippen LogP contribution in [0.3, 0.4) is 0 Å². The van der Waals surface area contributed by atoms with Crippen LogP contribution in [0.4, 0.5) is 24.3 Å². The van der Waals surface area contributed by atoms with Crippen molar-refractivity contribution in [2.45, 2.75) is 155 Å². The van der Waals surface area contributed by atoms with Crippen molar-refractivity contribution in [1.82, 2.24) is 45.7 Å². The summed E-state index contributed by atoms with van der Waals surface area (Å²) in [6.45, 7) is 20.9. The zero-order valence-electron chi connectivity index (χ0n) is 47.0. The predicted octanol–water partition coefficient (Wildman–Crippen LogP) is 6.84. The van der Waals surface area contributed by atoms with E-state index in [9.17, 15) is 33.6 Å². The minimum absolute atomic E-state index is 0.0545. The number of guanidine groups is 1. The van der Waals surface area contributed by atoms with Crippen LogP contribution in [0.2, 0.25) is 0 Å². The Kier molecular flexibility index (Phi) is 17.9. The fraction of sp³-hybridized carbons (Fsp3) is 0.519. The molecule has 25 nitrogen and oxygen atoms in total. The zero-order valence-corrected chi connectivity index (χ0v) is 47.8. The Morgan fingerprint density at radius 2 is 1.40 bits per heavy atom. The van der Waals surface area contributed by atoms with E-state index in [-0.39, 0.29) is 74.0 Å². The van der Waals surface area contributed by atoms with Gasteiger partial charge in [0.2, 0.25) is 17.5 Å². The first-order chi connectivity index (χ1) is 37.4. The lowest BCUT2D eigenvalue weighted by Gasteiger charge is -2.43. The molecule has 1 saturated carbocycles. The quantitative estimate of drug-likeness (QED) is 0.0223. The van der Waals surface area contributed by atoms with E-state index < -0.39 is 94.1 Å². The minimum atomic E-state index is -1.55. The number of carbonyl (C=O) groups is 7. The third-order valence-corrected chi connectivity index (χ3v) is 12.3. The molecule has 3 fully saturated rings. The van der Waals surface area contributed by atoms with Crippen molar-refractivity contribution in [3.05, 3.63) is 94.8 Å². The van der Waals surface area contributed by atoms with Gasteiger partial charge in [0, 0.05) is 43.8 Å². The summed E-state index contributed by atoms with van der Waals surface area (Å²) >= 11 is 0.964. The van der Waals surface area contributed by atoms with Crippen LogP contribution in [0.1, 0.15) is 125 Å². The Bertz CT molecular complexity index is 2920. The second-order valence-electron chi connectivity index (χ2n) is 23.4. The molecule has 3 aliphatic rings. The molecule has 2 aliphatic heterocycles. The summed E-state index contributed by atoms with van der Waals surface area (Å²) in [6.07, 6.45) is -2.17. The highest BCUT2D eigenvalue weighted by atomic mass is 32.1. The van der Waals surface area contributed by atoms with Crippen LogP contribution in [-0.4, -0.2) is 143 Å². The molecule has 2 aromatic carbocycles. The number of oxime groups is 1. The topological polar surface area (TPSA) is 298 Å². The fourth-order valence-electron chi connectivity index (χ4n) is 7.82. The summed E-state index contributed by atoms with van der Waals surface area (Å²) in [5, 5.41) is 25.4. The van der Waals surface area contributed by atoms with Crippen molar-refractivity contribution in [2.75, 3.05) is 25.0 Å². The van der Waals surface area contributed by atoms with Gasteiger partial charge in [-0.2, -0.15) is 15.0 Å². The van der Waals surface area contributed by atoms with Gasteiger partial charge in [-0.3, -0.25) is 14.9 Å². The molecule has 0 bridgehead atoms. The lowest BCUT2D eigenvalue weighted by atomic mass is 9.98. The Balaban J connectivity index is 1.09. The summed E-state index contributed by atoms with van der Waals surface area (Å²) in [5.74, 6) is -2.37. The van der Waals surface area contributed by atoms with E-state index in [4.69, 9.17) is 28.5 Å². The van der Waals surface area contributed by atoms with E-state index in [1.54, 1.807) is 88.0 Å². The number of likely N-dealkylation sites (tertiary alicyclic amines) is 1. The molecule has 2 saturated heterocycles. The van der Waals surface area contributed by atoms with Crippen molar-refractivity contribution in [2.24, 2.45) is 16.1 Å². The average molecular weight is 1130 g/mol. The second kappa shape index (κ2) is 24.1. The highest BCUT2D eigenvalue weighted by Crippen LogP contribution is 2.43. The third-order valence-electron chi connectivity index (χ3n) is 11.6. The molecule has 2 atom stereocenters. The first kappa shape index (κ1) is 59.5. The number of aromatic nitrogens is 4. The van der Waals surface area contributed by atoms with Gasteiger partial charge < -0.3 is 49.4 Å². The number of ether oxygens (including phenoxy) is 5. The first-order valence-electron chi connectivity index (χ1n) is 26.0. The molecule has 1 aliphatic carbocycles. The Hall–Kier alpha value is -8.16. The van der Waals surface area contributed by atoms with Gasteiger partial charge in [0.25, 0.3) is 5.91 Å². The Morgan fingerprint density at radius 1 is 0.812 bits per heavy atom. The van der Waals surface area contributed by atoms with Crippen LogP contribution >= 0.6 is 11.3 Å². The van der Waals surface area contributed by atoms with Crippen LogP contribution in [0.25, 0.3) is 0 Å². The molecule has 430 valence electrons. The second-order valence-corrected chi connectivity index (χ2v) is 24.2. The molecule has 0 unspecified atom stereocenters. The molecule has 2 aromatic heterocycles. The Labute approximate surface area is 467 Å². The van der Waals surface area contributed by atoms with Crippen LogP contribution < -0.4 is 21.3 Å². The van der Waals surface area contributed by atoms with Gasteiger partial charge in [-0.05, 0) is 94.2 Å². The molecule has 0 spiro atoms. The molecular formula is C54H70N12O13S. The standard InChI is InChI=1S/C54H70N12O13S/c1-50(2,3)75-46(70)55-25-32-27-64(28-32)45(61-48(72)77-52(7,8)9)65(49(73)78-53(10,11)12)29-35-26-56-66(62-35)30-36-38(41(67)57-36)59-42(68)39(37-31-80-44(58-37)60-47(71)76-51(4,5)6)63-79-54(23-24-54)43(69)74-40(33-19-15-13-16-20-33)34-21-17-14-18-22-34/h13-22,26,31-32,36,38,40H,23-25,27-30H2,1-12H3,(H,55,70)(H,57,67)(H,59,68)(H,58,60,71)/t36-,38+/m1/s1. The number of nitrogens with one attached hydrogen (secondary N) is 4. The number of nitrogens with zero attached hydrogens (tertiary/aromatic N) is 8. The van der Waals surface area contributed by atoms with E-state index in [2.05, 4.69) is 46.6 Å². The molecule has 7 rings (SSSR count). The van der Waals surface area contributed by atoms with Crippen LogP contribution in [0.15, 0.2) is 82.4 Å². The smallest absolute Gasteiger partial charge is 0.437 e. The molecule has 4 N–H and O–H groups in total. The monoisotopic (exact) mass is 1130 g/mol. The maximum absolute atomic E-state index is 14.4. The molecular weight excluding hydrogens is 1060 g/mol. The van der Waals surface area contributed by atoms with Crippen molar-refractivity contribution in [3.8, 4) is 0 Å². The van der Waals surface area contributed by atoms with Gasteiger partial charge in [0.05, 0.1) is 25.3 Å². The SMILES string of the molecule is CC(C)(C)OC(=O)N=C(N1CC(CNC(=O)OC(C)(C)C)C1)N(Cc1cnn(C[C@H]2NC(=O)[C@H]2NC(=O)C(=NOC2(C(=O)OC(c3ccccc3)c3ccccc3)CC2)c2csc(NC(=O)OC(C)(C)C)n2)n1)C(=O)OC(C)(C)C. The van der Waals surface area contributed by atoms with Gasteiger partial charge in [-0.1, -0.05) is 65.8 Å². The normalized spacial score (nSPS) is 17.4. The van der Waals surface area contributed by atoms with Crippen LogP contribution in [0.5, 0.6) is 0 Å². The maximum atomic E-state index is 14.4. The molecule has 4 aromatic rings. The van der Waals surface area contributed by atoms with Gasteiger partial charge in [0.1, 0.15) is 39.8 Å². The number of amides is 6. The van der Waals surface area contributed by atoms with E-state index in [1.165, 1.54) is 16.4 Å². The number of esters is 1. The molecule has 80 heavy (non-hydrogen) atoms. The number of rotatable bonds is 16. The molecule has 4 heterocycles. The minimum Gasteiger partial charge on any atom is -0.450 e. The fourth-order valence-corrected chi connectivity index (χ4v) is 8.50. The van der Waals surface area contributed by atoms with Crippen molar-refractivity contribution in [1.29, 1.82) is 0 Å². The van der Waals surface area contributed by atoms with E-state index >= 15 is 0 Å². The highest BCUT2D eigenvalue weighted by Gasteiger charge is 2.57. The number of aliphatic imine (C=N–C) groups is 1. The summed E-state index contributed by atoms with van der Waals surface area (Å²) < 4.78 is 28.2. The summed E-state index contributed by atoms with van der Waals surface area (Å²) in [6, 6.07) is 16.4. The number of hydrogen-bond donors (Lipinski definition) is 4. The van der Waals surface area contributed by atoms with Gasteiger partial charge in [0.15, 0.2) is 16.9 Å². The maximum Gasteiger partial charge on any atom is 0.437 e. The van der Waals surface area contributed by atoms with Crippen LogP contribution in [-0.2, 0) is 56.0 Å². The molecule has 6 amide bonds. The highest BCUT2D eigenvalue weighted by molar-refractivity contribution is 7.14. The number of carbonyl (C=O) groups excluding carboxylic acids is 7. The Morgan fingerprint density at radius 3 is 1.96 bits per heavy atom.